The quantitative estimate of drug-likeness (QED) is 0.396. The molecule has 1 atom stereocenters. The summed E-state index contributed by atoms with van der Waals surface area (Å²) in [5.41, 5.74) is 2.02. The van der Waals surface area contributed by atoms with Crippen molar-refractivity contribution in [3.8, 4) is 5.75 Å². The fourth-order valence-electron chi connectivity index (χ4n) is 3.58. The van der Waals surface area contributed by atoms with E-state index in [0.717, 1.165) is 22.8 Å². The number of amides is 2. The molecular formula is C28H26N2O3. The Balaban J connectivity index is 1.37. The van der Waals surface area contributed by atoms with E-state index in [4.69, 9.17) is 4.74 Å². The molecule has 0 aliphatic heterocycles. The second kappa shape index (κ2) is 10.5. The second-order valence-electron chi connectivity index (χ2n) is 7.80. The van der Waals surface area contributed by atoms with Crippen LogP contribution in [-0.4, -0.2) is 24.5 Å². The van der Waals surface area contributed by atoms with Crippen molar-refractivity contribution in [2.24, 2.45) is 0 Å². The Kier molecular flexibility index (Phi) is 7.00. The summed E-state index contributed by atoms with van der Waals surface area (Å²) in [6.45, 7) is 2.19. The highest BCUT2D eigenvalue weighted by molar-refractivity contribution is 6.04. The summed E-state index contributed by atoms with van der Waals surface area (Å²) in [5.74, 6) is 0.0564. The standard InChI is InChI=1S/C28H26N2O3/c1-20(33-24-16-15-22-11-5-6-12-23(22)19-24)27(31)30-26-14-8-7-13-25(26)28(32)29-18-17-21-9-3-2-4-10-21/h2-16,19-20H,17-18H2,1H3,(H,29,32)(H,30,31). The van der Waals surface area contributed by atoms with Crippen LogP contribution in [0.1, 0.15) is 22.8 Å². The van der Waals surface area contributed by atoms with Gasteiger partial charge in [-0.15, -0.1) is 0 Å². The third-order valence-corrected chi connectivity index (χ3v) is 5.37. The first-order chi connectivity index (χ1) is 16.1. The maximum absolute atomic E-state index is 12.8. The smallest absolute Gasteiger partial charge is 0.265 e. The van der Waals surface area contributed by atoms with Gasteiger partial charge < -0.3 is 15.4 Å². The molecule has 0 spiro atoms. The first-order valence-electron chi connectivity index (χ1n) is 11.0. The maximum Gasteiger partial charge on any atom is 0.265 e. The van der Waals surface area contributed by atoms with Crippen molar-refractivity contribution >= 4 is 28.3 Å². The van der Waals surface area contributed by atoms with E-state index in [1.165, 1.54) is 0 Å². The van der Waals surface area contributed by atoms with Crippen molar-refractivity contribution in [3.63, 3.8) is 0 Å². The Labute approximate surface area is 193 Å². The van der Waals surface area contributed by atoms with Gasteiger partial charge >= 0.3 is 0 Å². The summed E-state index contributed by atoms with van der Waals surface area (Å²) in [5, 5.41) is 7.91. The molecule has 0 fully saturated rings. The lowest BCUT2D eigenvalue weighted by molar-refractivity contribution is -0.122. The molecule has 0 radical (unpaired) electrons. The van der Waals surface area contributed by atoms with Crippen LogP contribution in [0.2, 0.25) is 0 Å². The molecule has 0 bridgehead atoms. The minimum Gasteiger partial charge on any atom is -0.481 e. The van der Waals surface area contributed by atoms with Crippen LogP contribution in [0.15, 0.2) is 97.1 Å². The highest BCUT2D eigenvalue weighted by Crippen LogP contribution is 2.22. The summed E-state index contributed by atoms with van der Waals surface area (Å²) < 4.78 is 5.86. The van der Waals surface area contributed by atoms with Crippen molar-refractivity contribution in [3.05, 3.63) is 108 Å². The van der Waals surface area contributed by atoms with E-state index in [1.54, 1.807) is 31.2 Å². The topological polar surface area (TPSA) is 67.4 Å². The fourth-order valence-corrected chi connectivity index (χ4v) is 3.58. The summed E-state index contributed by atoms with van der Waals surface area (Å²) >= 11 is 0. The van der Waals surface area contributed by atoms with E-state index in [9.17, 15) is 9.59 Å². The molecule has 0 aromatic heterocycles. The first kappa shape index (κ1) is 22.1. The molecule has 4 aromatic carbocycles. The van der Waals surface area contributed by atoms with E-state index in [0.29, 0.717) is 23.5 Å². The van der Waals surface area contributed by atoms with E-state index < -0.39 is 6.10 Å². The zero-order valence-corrected chi connectivity index (χ0v) is 18.5. The van der Waals surface area contributed by atoms with Crippen LogP contribution in [-0.2, 0) is 11.2 Å². The average molecular weight is 439 g/mol. The predicted molar refractivity (Wildman–Crippen MR) is 132 cm³/mol. The predicted octanol–water partition coefficient (Wildman–Crippen LogP) is 5.22. The molecular weight excluding hydrogens is 412 g/mol. The van der Waals surface area contributed by atoms with Crippen LogP contribution < -0.4 is 15.4 Å². The largest absolute Gasteiger partial charge is 0.481 e. The van der Waals surface area contributed by atoms with Crippen molar-refractivity contribution in [1.82, 2.24) is 5.32 Å². The zero-order chi connectivity index (χ0) is 23.0. The zero-order valence-electron chi connectivity index (χ0n) is 18.5. The Morgan fingerprint density at radius 2 is 1.52 bits per heavy atom. The highest BCUT2D eigenvalue weighted by Gasteiger charge is 2.18. The van der Waals surface area contributed by atoms with Crippen LogP contribution in [0.3, 0.4) is 0 Å². The van der Waals surface area contributed by atoms with Gasteiger partial charge in [0.25, 0.3) is 11.8 Å². The number of para-hydroxylation sites is 1. The number of anilines is 1. The Hall–Kier alpha value is -4.12. The lowest BCUT2D eigenvalue weighted by Gasteiger charge is -2.17. The van der Waals surface area contributed by atoms with Crippen molar-refractivity contribution < 1.29 is 14.3 Å². The summed E-state index contributed by atoms with van der Waals surface area (Å²) in [7, 11) is 0. The number of ether oxygens (including phenoxy) is 1. The molecule has 0 aliphatic rings. The third kappa shape index (κ3) is 5.77. The minimum atomic E-state index is -0.736. The molecule has 2 N–H and O–H groups in total. The Bertz CT molecular complexity index is 1250. The van der Waals surface area contributed by atoms with Gasteiger partial charge in [-0.05, 0) is 53.9 Å². The summed E-state index contributed by atoms with van der Waals surface area (Å²) in [4.78, 5) is 25.5. The Morgan fingerprint density at radius 3 is 2.33 bits per heavy atom. The molecule has 4 rings (SSSR count). The van der Waals surface area contributed by atoms with Crippen LogP contribution >= 0.6 is 0 Å². The number of carbonyl (C=O) groups excluding carboxylic acids is 2. The number of rotatable bonds is 8. The van der Waals surface area contributed by atoms with Crippen LogP contribution in [0, 0.1) is 0 Å². The fraction of sp³-hybridized carbons (Fsp3) is 0.143. The summed E-state index contributed by atoms with van der Waals surface area (Å²) in [6, 6.07) is 30.6. The van der Waals surface area contributed by atoms with E-state index in [2.05, 4.69) is 10.6 Å². The van der Waals surface area contributed by atoms with Crippen molar-refractivity contribution in [2.75, 3.05) is 11.9 Å². The molecule has 0 saturated carbocycles. The number of nitrogens with one attached hydrogen (secondary N) is 2. The van der Waals surface area contributed by atoms with Gasteiger partial charge in [0.2, 0.25) is 0 Å². The highest BCUT2D eigenvalue weighted by atomic mass is 16.5. The van der Waals surface area contributed by atoms with Crippen LogP contribution in [0.25, 0.3) is 10.8 Å². The van der Waals surface area contributed by atoms with Crippen molar-refractivity contribution in [1.29, 1.82) is 0 Å². The lowest BCUT2D eigenvalue weighted by Crippen LogP contribution is -2.32. The lowest BCUT2D eigenvalue weighted by atomic mass is 10.1. The monoisotopic (exact) mass is 438 g/mol. The molecule has 0 saturated heterocycles. The molecule has 166 valence electrons. The molecule has 5 heteroatoms. The molecule has 33 heavy (non-hydrogen) atoms. The molecule has 4 aromatic rings. The van der Waals surface area contributed by atoms with Crippen LogP contribution in [0.5, 0.6) is 5.75 Å². The number of hydrogen-bond donors (Lipinski definition) is 2. The van der Waals surface area contributed by atoms with Gasteiger partial charge in [-0.2, -0.15) is 0 Å². The van der Waals surface area contributed by atoms with Gasteiger partial charge in [0, 0.05) is 6.54 Å². The van der Waals surface area contributed by atoms with Gasteiger partial charge in [-0.3, -0.25) is 9.59 Å². The van der Waals surface area contributed by atoms with Gasteiger partial charge in [0.05, 0.1) is 11.3 Å². The van der Waals surface area contributed by atoms with Gasteiger partial charge in [-0.1, -0.05) is 72.8 Å². The molecule has 1 unspecified atom stereocenters. The van der Waals surface area contributed by atoms with E-state index in [-0.39, 0.29) is 11.8 Å². The maximum atomic E-state index is 12.8. The molecule has 2 amide bonds. The normalized spacial score (nSPS) is 11.5. The van der Waals surface area contributed by atoms with E-state index >= 15 is 0 Å². The SMILES string of the molecule is CC(Oc1ccc2ccccc2c1)C(=O)Nc1ccccc1C(=O)NCCc1ccccc1. The molecule has 0 heterocycles. The van der Waals surface area contributed by atoms with Crippen LogP contribution in [0.4, 0.5) is 5.69 Å². The number of carbonyl (C=O) groups is 2. The molecule has 0 aliphatic carbocycles. The van der Waals surface area contributed by atoms with Gasteiger partial charge in [0.15, 0.2) is 6.10 Å². The molecule has 5 nitrogen and oxygen atoms in total. The minimum absolute atomic E-state index is 0.232. The van der Waals surface area contributed by atoms with E-state index in [1.807, 2.05) is 72.8 Å². The number of fused-ring (bicyclic) bond motifs is 1. The van der Waals surface area contributed by atoms with Gasteiger partial charge in [0.1, 0.15) is 5.75 Å². The van der Waals surface area contributed by atoms with Gasteiger partial charge in [-0.25, -0.2) is 0 Å². The second-order valence-corrected chi connectivity index (χ2v) is 7.80. The average Bonchev–Trinajstić information content (AvgIpc) is 2.85. The van der Waals surface area contributed by atoms with Crippen molar-refractivity contribution in [2.45, 2.75) is 19.4 Å². The Morgan fingerprint density at radius 1 is 0.818 bits per heavy atom. The number of benzene rings is 4. The first-order valence-corrected chi connectivity index (χ1v) is 11.0. The summed E-state index contributed by atoms with van der Waals surface area (Å²) in [6.07, 6.45) is -0.00191. The number of hydrogen-bond acceptors (Lipinski definition) is 3. The third-order valence-electron chi connectivity index (χ3n) is 5.37.